The monoisotopic (exact) mass is 689 g/mol. The third-order valence-electron chi connectivity index (χ3n) is 6.88. The first-order valence-electron chi connectivity index (χ1n) is 16.5. The molecule has 48 heavy (non-hydrogen) atoms. The second kappa shape index (κ2) is 24.3. The first kappa shape index (κ1) is 43.1. The number of benzene rings is 3. The van der Waals surface area contributed by atoms with E-state index in [1.165, 1.54) is 17.7 Å². The summed E-state index contributed by atoms with van der Waals surface area (Å²) in [6.45, 7) is 13.3. The molecule has 0 radical (unpaired) electrons. The summed E-state index contributed by atoms with van der Waals surface area (Å²) in [5.74, 6) is 0.272. The summed E-state index contributed by atoms with van der Waals surface area (Å²) in [6.07, 6.45) is 2.79. The maximum Gasteiger partial charge on any atom is 0.133 e. The van der Waals surface area contributed by atoms with Crippen LogP contribution < -0.4 is 27.0 Å². The third-order valence-corrected chi connectivity index (χ3v) is 7.37. The fourth-order valence-electron chi connectivity index (χ4n) is 4.40. The van der Waals surface area contributed by atoms with Crippen molar-refractivity contribution in [2.75, 3.05) is 39.1 Å². The minimum absolute atomic E-state index is 0.0458. The largest absolute Gasteiger partial charge is 0.399 e. The maximum atomic E-state index is 13.0. The molecule has 4 rings (SSSR count). The molecule has 11 heteroatoms. The van der Waals surface area contributed by atoms with E-state index in [1.807, 2.05) is 25.2 Å². The normalized spacial score (nSPS) is 14.0. The molecule has 0 spiro atoms. The lowest BCUT2D eigenvalue weighted by molar-refractivity contribution is -0.107. The van der Waals surface area contributed by atoms with Crippen LogP contribution in [0.25, 0.3) is 0 Å². The highest BCUT2D eigenvalue weighted by Crippen LogP contribution is 2.45. The molecule has 0 unspecified atom stereocenters. The van der Waals surface area contributed by atoms with Crippen LogP contribution in [0, 0.1) is 23.5 Å². The highest BCUT2D eigenvalue weighted by atomic mass is 32.2. The molecule has 2 atom stereocenters. The number of aliphatic hydroxyl groups is 1. The second-order valence-corrected chi connectivity index (χ2v) is 13.5. The van der Waals surface area contributed by atoms with Gasteiger partial charge in [0.25, 0.3) is 0 Å². The molecule has 0 heterocycles. The number of hydrogen-bond donors (Lipinski definition) is 7. The van der Waals surface area contributed by atoms with Crippen LogP contribution in [0.2, 0.25) is 0 Å². The lowest BCUT2D eigenvalue weighted by Gasteiger charge is -2.25. The number of anilines is 1. The van der Waals surface area contributed by atoms with E-state index in [4.69, 9.17) is 10.3 Å². The summed E-state index contributed by atoms with van der Waals surface area (Å²) in [5, 5.41) is 23.1. The van der Waals surface area contributed by atoms with Crippen molar-refractivity contribution in [2.45, 2.75) is 76.5 Å². The number of rotatable bonds is 15. The smallest absolute Gasteiger partial charge is 0.133 e. The van der Waals surface area contributed by atoms with Gasteiger partial charge in [-0.25, -0.2) is 8.78 Å². The van der Waals surface area contributed by atoms with Crippen molar-refractivity contribution in [2.24, 2.45) is 11.8 Å². The molecule has 1 aliphatic rings. The Morgan fingerprint density at radius 2 is 1.52 bits per heavy atom. The number of hydrogen-bond acceptors (Lipinski definition) is 9. The minimum atomic E-state index is -0.579. The Kier molecular flexibility index (Phi) is 21.8. The van der Waals surface area contributed by atoms with Crippen molar-refractivity contribution in [1.29, 1.82) is 0 Å². The average Bonchev–Trinajstić information content (AvgIpc) is 3.84. The molecule has 1 aliphatic carbocycles. The number of carbonyl (C=O) groups is 1. The van der Waals surface area contributed by atoms with E-state index in [0.717, 1.165) is 61.0 Å². The summed E-state index contributed by atoms with van der Waals surface area (Å²) in [6, 6.07) is 20.8. The SMILES string of the molecule is CC(C)C.CNCN[C@@H](Cc1ccccc1)[C@H](O)CNCC(C)C.Nc1ccc(SO)cc1.O=CCNC1(c2cc(F)cc(F)c2)CC1. The zero-order chi connectivity index (χ0) is 36.0. The van der Waals surface area contributed by atoms with Crippen molar-refractivity contribution in [3.63, 3.8) is 0 Å². The molecular formula is C37H57F2N5O3S. The molecule has 8 N–H and O–H groups in total. The van der Waals surface area contributed by atoms with Crippen LogP contribution in [0.5, 0.6) is 0 Å². The standard InChI is InChI=1S/C16H29N3O.C11H11F2NO.C6H7NOS.C4H10/c1-13(2)10-18-11-16(20)15(19-12-17-3)9-14-7-5-4-6-8-14;12-9-5-8(6-10(13)7-9)11(1-2-11)14-3-4-15;7-5-1-3-6(9-8)4-2-5;1-4(2)3/h4-8,13,15-20H,9-12H2,1-3H3;4-7,14H,1-3H2;1-4,8H,7H2;4H,1-3H3/t15-,16+;;;/m0.../s1. The van der Waals surface area contributed by atoms with E-state index in [1.54, 1.807) is 24.3 Å². The highest BCUT2D eigenvalue weighted by molar-refractivity contribution is 7.93. The van der Waals surface area contributed by atoms with Gasteiger partial charge in [-0.3, -0.25) is 5.32 Å². The summed E-state index contributed by atoms with van der Waals surface area (Å²) in [7, 11) is 1.90. The predicted molar refractivity (Wildman–Crippen MR) is 196 cm³/mol. The van der Waals surface area contributed by atoms with E-state index in [0.29, 0.717) is 30.4 Å². The molecule has 0 bridgehead atoms. The number of halogens is 2. The summed E-state index contributed by atoms with van der Waals surface area (Å²) in [5.41, 5.74) is 7.55. The molecule has 8 nitrogen and oxygen atoms in total. The zero-order valence-electron chi connectivity index (χ0n) is 29.3. The molecule has 3 aromatic rings. The van der Waals surface area contributed by atoms with Crippen molar-refractivity contribution < 1.29 is 23.2 Å². The third kappa shape index (κ3) is 19.2. The fourth-order valence-corrected chi connectivity index (χ4v) is 4.65. The van der Waals surface area contributed by atoms with E-state index in [-0.39, 0.29) is 18.1 Å². The van der Waals surface area contributed by atoms with Gasteiger partial charge < -0.3 is 36.1 Å². The van der Waals surface area contributed by atoms with Crippen LogP contribution in [0.3, 0.4) is 0 Å². The van der Waals surface area contributed by atoms with Crippen molar-refractivity contribution in [3.05, 3.63) is 95.6 Å². The number of carbonyl (C=O) groups excluding carboxylic acids is 1. The van der Waals surface area contributed by atoms with Gasteiger partial charge in [0.2, 0.25) is 0 Å². The van der Waals surface area contributed by atoms with Gasteiger partial charge in [0.15, 0.2) is 0 Å². The molecule has 0 aromatic heterocycles. The quantitative estimate of drug-likeness (QED) is 0.0431. The Morgan fingerprint density at radius 3 is 2.00 bits per heavy atom. The highest BCUT2D eigenvalue weighted by Gasteiger charge is 2.44. The number of aldehydes is 1. The topological polar surface area (TPSA) is 132 Å². The lowest BCUT2D eigenvalue weighted by atomic mass is 10.0. The van der Waals surface area contributed by atoms with Crippen LogP contribution in [0.1, 0.15) is 58.6 Å². The van der Waals surface area contributed by atoms with Gasteiger partial charge in [0, 0.05) is 53.5 Å². The van der Waals surface area contributed by atoms with Crippen molar-refractivity contribution in [1.82, 2.24) is 21.3 Å². The van der Waals surface area contributed by atoms with Crippen molar-refractivity contribution in [3.8, 4) is 0 Å². The lowest BCUT2D eigenvalue weighted by Crippen LogP contribution is -2.49. The molecular weight excluding hydrogens is 633 g/mol. The van der Waals surface area contributed by atoms with E-state index in [2.05, 4.69) is 68.0 Å². The Labute approximate surface area is 290 Å². The van der Waals surface area contributed by atoms with E-state index < -0.39 is 17.7 Å². The van der Waals surface area contributed by atoms with Gasteiger partial charge in [0.05, 0.1) is 12.6 Å². The van der Waals surface area contributed by atoms with Crippen LogP contribution in [-0.4, -0.2) is 61.4 Å². The van der Waals surface area contributed by atoms with Gasteiger partial charge in [-0.15, -0.1) is 0 Å². The Balaban J connectivity index is 0.000000360. The van der Waals surface area contributed by atoms with Gasteiger partial charge in [-0.05, 0) is 92.2 Å². The molecule has 1 fully saturated rings. The van der Waals surface area contributed by atoms with E-state index in [9.17, 15) is 18.7 Å². The number of nitrogen functional groups attached to an aromatic ring is 1. The predicted octanol–water partition coefficient (Wildman–Crippen LogP) is 6.21. The molecule has 3 aromatic carbocycles. The van der Waals surface area contributed by atoms with Crippen molar-refractivity contribution >= 4 is 24.0 Å². The maximum absolute atomic E-state index is 13.0. The summed E-state index contributed by atoms with van der Waals surface area (Å²) < 4.78 is 34.4. The van der Waals surface area contributed by atoms with Crippen LogP contribution in [0.4, 0.5) is 14.5 Å². The van der Waals surface area contributed by atoms with E-state index >= 15 is 0 Å². The first-order valence-corrected chi connectivity index (χ1v) is 17.3. The number of aliphatic hydroxyl groups excluding tert-OH is 1. The Hall–Kier alpha value is -2.90. The van der Waals surface area contributed by atoms with Gasteiger partial charge in [0.1, 0.15) is 17.9 Å². The van der Waals surface area contributed by atoms with Gasteiger partial charge >= 0.3 is 0 Å². The number of nitrogens with two attached hydrogens (primary N) is 1. The molecule has 268 valence electrons. The van der Waals surface area contributed by atoms with Gasteiger partial charge in [-0.2, -0.15) is 0 Å². The van der Waals surface area contributed by atoms with Gasteiger partial charge in [-0.1, -0.05) is 65.0 Å². The molecule has 0 amide bonds. The number of nitrogens with one attached hydrogen (secondary N) is 4. The Bertz CT molecular complexity index is 1240. The summed E-state index contributed by atoms with van der Waals surface area (Å²) in [4.78, 5) is 11.0. The molecule has 1 saturated carbocycles. The molecule has 0 saturated heterocycles. The minimum Gasteiger partial charge on any atom is -0.399 e. The zero-order valence-corrected chi connectivity index (χ0v) is 30.1. The first-order chi connectivity index (χ1) is 22.8. The van der Waals surface area contributed by atoms with Crippen LogP contribution >= 0.6 is 12.0 Å². The van der Waals surface area contributed by atoms with Crippen LogP contribution in [-0.2, 0) is 16.8 Å². The summed E-state index contributed by atoms with van der Waals surface area (Å²) >= 11 is 0.722. The average molecular weight is 690 g/mol. The Morgan fingerprint density at radius 1 is 0.938 bits per heavy atom. The molecule has 0 aliphatic heterocycles. The second-order valence-electron chi connectivity index (χ2n) is 12.8. The fraction of sp³-hybridized carbons (Fsp3) is 0.486. The van der Waals surface area contributed by atoms with Crippen LogP contribution in [0.15, 0.2) is 77.7 Å².